The van der Waals surface area contributed by atoms with Gasteiger partial charge in [-0.05, 0) is 24.6 Å². The number of rotatable bonds is 7. The van der Waals surface area contributed by atoms with Crippen LogP contribution in [0.5, 0.6) is 0 Å². The number of nitrogens with zero attached hydrogens (tertiary/aromatic N) is 2. The zero-order valence-electron chi connectivity index (χ0n) is 16.0. The van der Waals surface area contributed by atoms with Gasteiger partial charge in [-0.3, -0.25) is 9.69 Å². The van der Waals surface area contributed by atoms with Crippen molar-refractivity contribution in [3.8, 4) is 0 Å². The van der Waals surface area contributed by atoms with Crippen LogP contribution in [0.3, 0.4) is 0 Å². The van der Waals surface area contributed by atoms with E-state index in [2.05, 4.69) is 20.3 Å². The summed E-state index contributed by atoms with van der Waals surface area (Å²) in [4.78, 5) is 27.2. The molecule has 0 aliphatic carbocycles. The largest absolute Gasteiger partial charge is 0.411 e. The molecular formula is C18H24ClF3N4O3. The molecule has 2 N–H and O–H groups in total. The van der Waals surface area contributed by atoms with Gasteiger partial charge in [-0.15, -0.1) is 0 Å². The lowest BCUT2D eigenvalue weighted by molar-refractivity contribution is -0.174. The second kappa shape index (κ2) is 10.7. The third-order valence-corrected chi connectivity index (χ3v) is 4.53. The highest BCUT2D eigenvalue weighted by atomic mass is 35.5. The molecule has 0 aromatic heterocycles. The van der Waals surface area contributed by atoms with Crippen molar-refractivity contribution in [3.63, 3.8) is 0 Å². The summed E-state index contributed by atoms with van der Waals surface area (Å²) in [5, 5.41) is 5.66. The van der Waals surface area contributed by atoms with Crippen molar-refractivity contribution < 1.29 is 27.5 Å². The van der Waals surface area contributed by atoms with Gasteiger partial charge in [-0.1, -0.05) is 11.6 Å². The van der Waals surface area contributed by atoms with Crippen LogP contribution in [0.2, 0.25) is 5.02 Å². The molecule has 1 saturated heterocycles. The molecule has 7 nitrogen and oxygen atoms in total. The Balaban J connectivity index is 1.71. The van der Waals surface area contributed by atoms with Gasteiger partial charge < -0.3 is 20.3 Å². The number of amides is 3. The van der Waals surface area contributed by atoms with Crippen molar-refractivity contribution in [2.45, 2.75) is 19.5 Å². The molecule has 1 aromatic rings. The van der Waals surface area contributed by atoms with Crippen molar-refractivity contribution in [3.05, 3.63) is 23.2 Å². The lowest BCUT2D eigenvalue weighted by Gasteiger charge is -2.34. The first kappa shape index (κ1) is 23.2. The fraction of sp³-hybridized carbons (Fsp3) is 0.556. The van der Waals surface area contributed by atoms with E-state index >= 15 is 0 Å². The summed E-state index contributed by atoms with van der Waals surface area (Å²) in [6.45, 7) is 3.07. The number of nitrogens with one attached hydrogen (secondary N) is 2. The van der Waals surface area contributed by atoms with E-state index in [-0.39, 0.29) is 18.5 Å². The molecule has 0 bridgehead atoms. The van der Waals surface area contributed by atoms with Crippen LogP contribution in [0.1, 0.15) is 13.3 Å². The average molecular weight is 437 g/mol. The molecule has 1 heterocycles. The molecule has 162 valence electrons. The van der Waals surface area contributed by atoms with E-state index in [0.717, 1.165) is 0 Å². The second-order valence-electron chi connectivity index (χ2n) is 6.66. The zero-order valence-corrected chi connectivity index (χ0v) is 16.8. The number of benzene rings is 1. The van der Waals surface area contributed by atoms with Crippen LogP contribution in [0.25, 0.3) is 0 Å². The average Bonchev–Trinajstić information content (AvgIpc) is 2.62. The Morgan fingerprint density at radius 2 is 1.86 bits per heavy atom. The van der Waals surface area contributed by atoms with Crippen LogP contribution in [0, 0.1) is 0 Å². The van der Waals surface area contributed by atoms with Gasteiger partial charge in [0.25, 0.3) is 0 Å². The van der Waals surface area contributed by atoms with E-state index in [0.29, 0.717) is 55.5 Å². The zero-order chi connectivity index (χ0) is 21.4. The Morgan fingerprint density at radius 1 is 1.17 bits per heavy atom. The summed E-state index contributed by atoms with van der Waals surface area (Å²) >= 11 is 6.16. The number of piperazine rings is 1. The lowest BCUT2D eigenvalue weighted by atomic mass is 10.2. The number of carbonyl (C=O) groups is 2. The van der Waals surface area contributed by atoms with E-state index in [9.17, 15) is 22.8 Å². The number of halogens is 4. The normalized spacial score (nSPS) is 15.3. The van der Waals surface area contributed by atoms with Crippen molar-refractivity contribution >= 4 is 34.9 Å². The van der Waals surface area contributed by atoms with Gasteiger partial charge in [-0.25, -0.2) is 4.79 Å². The molecule has 0 spiro atoms. The highest BCUT2D eigenvalue weighted by Gasteiger charge is 2.27. The summed E-state index contributed by atoms with van der Waals surface area (Å²) in [6, 6.07) is 4.52. The molecule has 0 saturated carbocycles. The van der Waals surface area contributed by atoms with Crippen molar-refractivity contribution in [2.75, 3.05) is 56.6 Å². The molecule has 11 heteroatoms. The Bertz CT molecular complexity index is 710. The minimum absolute atomic E-state index is 0.0488. The topological polar surface area (TPSA) is 73.9 Å². The molecule has 1 fully saturated rings. The van der Waals surface area contributed by atoms with Crippen LogP contribution in [0.4, 0.5) is 29.3 Å². The molecular weight excluding hydrogens is 413 g/mol. The SMILES string of the molecule is CC(=O)Nc1ccc(NC(=O)N2CCN(CCCOCC(F)(F)F)CC2)c(Cl)c1. The number of hydrogen-bond acceptors (Lipinski definition) is 4. The maximum absolute atomic E-state index is 12.4. The van der Waals surface area contributed by atoms with E-state index in [1.165, 1.54) is 6.92 Å². The predicted octanol–water partition coefficient (Wildman–Crippen LogP) is 3.42. The van der Waals surface area contributed by atoms with Gasteiger partial charge in [0.1, 0.15) is 6.61 Å². The van der Waals surface area contributed by atoms with Crippen molar-refractivity contribution in [2.24, 2.45) is 0 Å². The van der Waals surface area contributed by atoms with Crippen LogP contribution < -0.4 is 10.6 Å². The van der Waals surface area contributed by atoms with E-state index in [1.807, 2.05) is 0 Å². The summed E-state index contributed by atoms with van der Waals surface area (Å²) in [5.41, 5.74) is 0.975. The van der Waals surface area contributed by atoms with Gasteiger partial charge in [0.05, 0.1) is 10.7 Å². The number of carbonyl (C=O) groups excluding carboxylic acids is 2. The number of anilines is 2. The lowest BCUT2D eigenvalue weighted by Crippen LogP contribution is -2.50. The maximum Gasteiger partial charge on any atom is 0.411 e. The number of hydrogen-bond donors (Lipinski definition) is 2. The summed E-state index contributed by atoms with van der Waals surface area (Å²) < 4.78 is 40.6. The molecule has 2 rings (SSSR count). The first-order valence-electron chi connectivity index (χ1n) is 9.14. The summed E-state index contributed by atoms with van der Waals surface area (Å²) in [6.07, 6.45) is -3.80. The molecule has 0 radical (unpaired) electrons. The predicted molar refractivity (Wildman–Crippen MR) is 104 cm³/mol. The highest BCUT2D eigenvalue weighted by Crippen LogP contribution is 2.26. The van der Waals surface area contributed by atoms with Gasteiger partial charge in [-0.2, -0.15) is 13.2 Å². The first-order chi connectivity index (χ1) is 13.6. The minimum Gasteiger partial charge on any atom is -0.372 e. The summed E-state index contributed by atoms with van der Waals surface area (Å²) in [5.74, 6) is -0.220. The third kappa shape index (κ3) is 8.46. The number of alkyl halides is 3. The van der Waals surface area contributed by atoms with Gasteiger partial charge in [0, 0.05) is 51.9 Å². The fourth-order valence-corrected chi connectivity index (χ4v) is 3.07. The highest BCUT2D eigenvalue weighted by molar-refractivity contribution is 6.34. The molecule has 1 aliphatic rings. The summed E-state index contributed by atoms with van der Waals surface area (Å²) in [7, 11) is 0. The van der Waals surface area contributed by atoms with Gasteiger partial charge in [0.15, 0.2) is 0 Å². The van der Waals surface area contributed by atoms with Crippen molar-refractivity contribution in [1.29, 1.82) is 0 Å². The van der Waals surface area contributed by atoms with E-state index in [4.69, 9.17) is 11.6 Å². The molecule has 0 atom stereocenters. The van der Waals surface area contributed by atoms with Crippen molar-refractivity contribution in [1.82, 2.24) is 9.80 Å². The quantitative estimate of drug-likeness (QED) is 0.642. The number of ether oxygens (including phenoxy) is 1. The van der Waals surface area contributed by atoms with Crippen LogP contribution in [-0.2, 0) is 9.53 Å². The van der Waals surface area contributed by atoms with E-state index in [1.54, 1.807) is 23.1 Å². The number of urea groups is 1. The third-order valence-electron chi connectivity index (χ3n) is 4.22. The van der Waals surface area contributed by atoms with Crippen LogP contribution in [0.15, 0.2) is 18.2 Å². The fourth-order valence-electron chi connectivity index (χ4n) is 2.84. The monoisotopic (exact) mass is 436 g/mol. The Hall–Kier alpha value is -2.04. The molecule has 3 amide bonds. The van der Waals surface area contributed by atoms with Crippen LogP contribution in [-0.4, -0.2) is 73.9 Å². The Morgan fingerprint density at radius 3 is 2.45 bits per heavy atom. The van der Waals surface area contributed by atoms with Crippen LogP contribution >= 0.6 is 11.6 Å². The Kier molecular flexibility index (Phi) is 8.54. The smallest absolute Gasteiger partial charge is 0.372 e. The maximum atomic E-state index is 12.4. The standard InChI is InChI=1S/C18H24ClF3N4O3/c1-13(27)23-14-3-4-16(15(19)11-14)24-17(28)26-8-6-25(7-9-26)5-2-10-29-12-18(20,21)22/h3-4,11H,2,5-10,12H2,1H3,(H,23,27)(H,24,28). The molecule has 1 aromatic carbocycles. The van der Waals surface area contributed by atoms with Gasteiger partial charge >= 0.3 is 12.2 Å². The van der Waals surface area contributed by atoms with Gasteiger partial charge in [0.2, 0.25) is 5.91 Å². The Labute approximate surface area is 172 Å². The van der Waals surface area contributed by atoms with E-state index < -0.39 is 12.8 Å². The molecule has 1 aliphatic heterocycles. The second-order valence-corrected chi connectivity index (χ2v) is 7.06. The molecule has 0 unspecified atom stereocenters. The molecule has 29 heavy (non-hydrogen) atoms. The first-order valence-corrected chi connectivity index (χ1v) is 9.52. The minimum atomic E-state index is -4.30.